The summed E-state index contributed by atoms with van der Waals surface area (Å²) in [5.41, 5.74) is 6.13. The first-order valence-electron chi connectivity index (χ1n) is 6.27. The summed E-state index contributed by atoms with van der Waals surface area (Å²) in [7, 11) is 0. The van der Waals surface area contributed by atoms with Crippen LogP contribution in [0.3, 0.4) is 0 Å². The molecule has 0 saturated heterocycles. The van der Waals surface area contributed by atoms with Crippen LogP contribution in [-0.4, -0.2) is 11.1 Å². The topological polar surface area (TPSA) is 37.3 Å². The summed E-state index contributed by atoms with van der Waals surface area (Å²) in [4.78, 5) is 10.5. The molecule has 100 valence electrons. The summed E-state index contributed by atoms with van der Waals surface area (Å²) in [6, 6.07) is 2.18. The Morgan fingerprint density at radius 3 is 2.17 bits per heavy atom. The number of benzene rings is 1. The van der Waals surface area contributed by atoms with Gasteiger partial charge in [0.2, 0.25) is 0 Å². The minimum absolute atomic E-state index is 0.0945. The lowest BCUT2D eigenvalue weighted by atomic mass is 9.90. The van der Waals surface area contributed by atoms with E-state index in [-0.39, 0.29) is 11.8 Å². The van der Waals surface area contributed by atoms with E-state index in [0.717, 1.165) is 0 Å². The van der Waals surface area contributed by atoms with Crippen molar-refractivity contribution in [3.63, 3.8) is 0 Å². The van der Waals surface area contributed by atoms with E-state index in [4.69, 9.17) is 16.7 Å². The maximum Gasteiger partial charge on any atom is 0.303 e. The molecule has 1 atom stereocenters. The van der Waals surface area contributed by atoms with Crippen molar-refractivity contribution in [3.05, 3.63) is 33.9 Å². The highest BCUT2D eigenvalue weighted by Crippen LogP contribution is 2.34. The smallest absolute Gasteiger partial charge is 0.303 e. The van der Waals surface area contributed by atoms with Gasteiger partial charge in [0.1, 0.15) is 0 Å². The third-order valence-electron chi connectivity index (χ3n) is 3.59. The molecule has 1 unspecified atom stereocenters. The second kappa shape index (κ2) is 6.24. The number of alkyl halides is 1. The molecule has 1 N–H and O–H groups in total. The lowest BCUT2D eigenvalue weighted by molar-refractivity contribution is -0.137. The molecule has 1 rings (SSSR count). The summed E-state index contributed by atoms with van der Waals surface area (Å²) in [6.45, 7) is 8.35. The molecule has 1 aromatic carbocycles. The average Bonchev–Trinajstić information content (AvgIpc) is 2.26. The molecule has 0 aliphatic carbocycles. The SMILES string of the molecule is Cc1cc(C)c(C)c(C(Cl)CCCC(=O)O)c1C. The fourth-order valence-electron chi connectivity index (χ4n) is 2.29. The normalized spacial score (nSPS) is 12.5. The van der Waals surface area contributed by atoms with E-state index in [1.54, 1.807) is 0 Å². The van der Waals surface area contributed by atoms with Crippen molar-refractivity contribution in [2.45, 2.75) is 52.3 Å². The van der Waals surface area contributed by atoms with E-state index in [2.05, 4.69) is 33.8 Å². The Morgan fingerprint density at radius 2 is 1.72 bits per heavy atom. The third-order valence-corrected chi connectivity index (χ3v) is 4.02. The molecular weight excluding hydrogens is 248 g/mol. The van der Waals surface area contributed by atoms with E-state index in [1.807, 2.05) is 0 Å². The molecule has 0 fully saturated rings. The summed E-state index contributed by atoms with van der Waals surface area (Å²) < 4.78 is 0. The first-order valence-corrected chi connectivity index (χ1v) is 6.71. The number of carbonyl (C=O) groups is 1. The zero-order valence-corrected chi connectivity index (χ0v) is 12.3. The molecule has 0 radical (unpaired) electrons. The van der Waals surface area contributed by atoms with E-state index in [0.29, 0.717) is 12.8 Å². The van der Waals surface area contributed by atoms with Gasteiger partial charge < -0.3 is 5.11 Å². The predicted molar refractivity (Wildman–Crippen MR) is 75.5 cm³/mol. The largest absolute Gasteiger partial charge is 0.481 e. The summed E-state index contributed by atoms with van der Waals surface area (Å²) >= 11 is 6.45. The van der Waals surface area contributed by atoms with Crippen molar-refractivity contribution >= 4 is 17.6 Å². The Hall–Kier alpha value is -1.02. The molecule has 0 spiro atoms. The van der Waals surface area contributed by atoms with Crippen molar-refractivity contribution < 1.29 is 9.90 Å². The zero-order chi connectivity index (χ0) is 13.9. The number of halogens is 1. The molecule has 1 aromatic rings. The molecule has 0 bridgehead atoms. The van der Waals surface area contributed by atoms with Gasteiger partial charge in [0.15, 0.2) is 0 Å². The average molecular weight is 269 g/mol. The van der Waals surface area contributed by atoms with Crippen molar-refractivity contribution in [2.75, 3.05) is 0 Å². The maximum atomic E-state index is 10.5. The number of carboxylic acids is 1. The number of aryl methyl sites for hydroxylation is 2. The van der Waals surface area contributed by atoms with E-state index in [1.165, 1.54) is 27.8 Å². The lowest BCUT2D eigenvalue weighted by Gasteiger charge is -2.19. The van der Waals surface area contributed by atoms with E-state index >= 15 is 0 Å². The lowest BCUT2D eigenvalue weighted by Crippen LogP contribution is -2.03. The van der Waals surface area contributed by atoms with Crippen molar-refractivity contribution in [3.8, 4) is 0 Å². The molecule has 0 aromatic heterocycles. The third kappa shape index (κ3) is 3.49. The predicted octanol–water partition coefficient (Wildman–Crippen LogP) is 4.46. The van der Waals surface area contributed by atoms with E-state index < -0.39 is 5.97 Å². The number of hydrogen-bond acceptors (Lipinski definition) is 1. The molecule has 0 amide bonds. The van der Waals surface area contributed by atoms with Gasteiger partial charge in [0.25, 0.3) is 0 Å². The van der Waals surface area contributed by atoms with Gasteiger partial charge in [-0.15, -0.1) is 11.6 Å². The Labute approximate surface area is 114 Å². The molecule has 3 heteroatoms. The van der Waals surface area contributed by atoms with Crippen molar-refractivity contribution in [2.24, 2.45) is 0 Å². The van der Waals surface area contributed by atoms with Gasteiger partial charge >= 0.3 is 5.97 Å². The number of aliphatic carboxylic acids is 1. The Balaban J connectivity index is 2.91. The van der Waals surface area contributed by atoms with Gasteiger partial charge in [-0.3, -0.25) is 4.79 Å². The minimum Gasteiger partial charge on any atom is -0.481 e. The molecule has 0 aliphatic heterocycles. The second-order valence-electron chi connectivity index (χ2n) is 4.93. The van der Waals surface area contributed by atoms with E-state index in [9.17, 15) is 4.79 Å². The maximum absolute atomic E-state index is 10.5. The number of hydrogen-bond donors (Lipinski definition) is 1. The second-order valence-corrected chi connectivity index (χ2v) is 5.45. The van der Waals surface area contributed by atoms with Gasteiger partial charge in [0, 0.05) is 6.42 Å². The van der Waals surface area contributed by atoms with Crippen LogP contribution in [0.1, 0.15) is 52.5 Å². The molecule has 0 aliphatic rings. The molecular formula is C15H21ClO2. The van der Waals surface area contributed by atoms with Crippen molar-refractivity contribution in [1.82, 2.24) is 0 Å². The van der Waals surface area contributed by atoms with Gasteiger partial charge in [-0.05, 0) is 68.4 Å². The van der Waals surface area contributed by atoms with Gasteiger partial charge in [0.05, 0.1) is 5.38 Å². The summed E-state index contributed by atoms with van der Waals surface area (Å²) in [5, 5.41) is 8.56. The highest BCUT2D eigenvalue weighted by molar-refractivity contribution is 6.21. The van der Waals surface area contributed by atoms with Gasteiger partial charge in [-0.25, -0.2) is 0 Å². The zero-order valence-electron chi connectivity index (χ0n) is 11.5. The van der Waals surface area contributed by atoms with Crippen LogP contribution < -0.4 is 0 Å². The molecule has 2 nitrogen and oxygen atoms in total. The minimum atomic E-state index is -0.757. The molecule has 0 saturated carbocycles. The van der Waals surface area contributed by atoms with Crippen LogP contribution in [0.4, 0.5) is 0 Å². The molecule has 0 heterocycles. The highest BCUT2D eigenvalue weighted by atomic mass is 35.5. The fraction of sp³-hybridized carbons (Fsp3) is 0.533. The van der Waals surface area contributed by atoms with Crippen LogP contribution in [0, 0.1) is 27.7 Å². The Kier molecular flexibility index (Phi) is 5.21. The summed E-state index contributed by atoms with van der Waals surface area (Å²) in [6.07, 6.45) is 1.51. The quantitative estimate of drug-likeness (QED) is 0.801. The monoisotopic (exact) mass is 268 g/mol. The first-order chi connectivity index (χ1) is 8.34. The highest BCUT2D eigenvalue weighted by Gasteiger charge is 2.16. The van der Waals surface area contributed by atoms with Crippen LogP contribution in [0.25, 0.3) is 0 Å². The molecule has 18 heavy (non-hydrogen) atoms. The van der Waals surface area contributed by atoms with Gasteiger partial charge in [-0.1, -0.05) is 6.07 Å². The standard InChI is InChI=1S/C15H21ClO2/c1-9-8-10(2)12(4)15(11(9)3)13(16)6-5-7-14(17)18/h8,13H,5-7H2,1-4H3,(H,17,18). The summed E-state index contributed by atoms with van der Waals surface area (Å²) in [5.74, 6) is -0.757. The number of carboxylic acid groups (broad SMARTS) is 1. The van der Waals surface area contributed by atoms with Crippen LogP contribution in [0.15, 0.2) is 6.07 Å². The Bertz CT molecular complexity index is 426. The first kappa shape index (κ1) is 15.0. The fourth-order valence-corrected chi connectivity index (χ4v) is 2.78. The number of rotatable bonds is 5. The Morgan fingerprint density at radius 1 is 1.22 bits per heavy atom. The van der Waals surface area contributed by atoms with Gasteiger partial charge in [-0.2, -0.15) is 0 Å². The van der Waals surface area contributed by atoms with Crippen molar-refractivity contribution in [1.29, 1.82) is 0 Å². The van der Waals surface area contributed by atoms with Crippen LogP contribution >= 0.6 is 11.6 Å². The van der Waals surface area contributed by atoms with Crippen LogP contribution in [0.5, 0.6) is 0 Å². The van der Waals surface area contributed by atoms with Crippen LogP contribution in [0.2, 0.25) is 0 Å². The van der Waals surface area contributed by atoms with Crippen LogP contribution in [-0.2, 0) is 4.79 Å².